The van der Waals surface area contributed by atoms with Gasteiger partial charge in [-0.1, -0.05) is 25.7 Å². The number of nitrogens with zero attached hydrogens (tertiary/aromatic N) is 1. The Hall–Kier alpha value is -1.14. The van der Waals surface area contributed by atoms with Crippen LogP contribution in [0.25, 0.3) is 0 Å². The van der Waals surface area contributed by atoms with Crippen LogP contribution < -0.4 is 10.0 Å². The van der Waals surface area contributed by atoms with E-state index in [2.05, 4.69) is 15.0 Å². The van der Waals surface area contributed by atoms with Crippen LogP contribution in [0.2, 0.25) is 0 Å². The zero-order valence-electron chi connectivity index (χ0n) is 11.2. The molecule has 0 saturated heterocycles. The van der Waals surface area contributed by atoms with Crippen LogP contribution in [-0.4, -0.2) is 26.5 Å². The third kappa shape index (κ3) is 3.91. The summed E-state index contributed by atoms with van der Waals surface area (Å²) in [5, 5.41) is 2.87. The van der Waals surface area contributed by atoms with Crippen molar-refractivity contribution in [3.63, 3.8) is 0 Å². The molecule has 0 bridgehead atoms. The fourth-order valence-corrected chi connectivity index (χ4v) is 3.62. The molecule has 0 aliphatic heterocycles. The average Bonchev–Trinajstić information content (AvgIpc) is 2.67. The maximum atomic E-state index is 12.2. The summed E-state index contributed by atoms with van der Waals surface area (Å²) >= 11 is 0. The van der Waals surface area contributed by atoms with E-state index in [-0.39, 0.29) is 10.9 Å². The third-order valence-electron chi connectivity index (χ3n) is 3.48. The van der Waals surface area contributed by atoms with Crippen molar-refractivity contribution in [3.8, 4) is 0 Å². The minimum Gasteiger partial charge on any atom is -0.373 e. The van der Waals surface area contributed by atoms with Crippen molar-refractivity contribution in [1.82, 2.24) is 9.71 Å². The van der Waals surface area contributed by atoms with Crippen LogP contribution in [0.15, 0.2) is 23.2 Å². The van der Waals surface area contributed by atoms with E-state index in [0.29, 0.717) is 5.82 Å². The molecule has 1 aromatic rings. The first-order valence-electron chi connectivity index (χ1n) is 6.78. The molecule has 0 spiro atoms. The largest absolute Gasteiger partial charge is 0.373 e. The average molecular weight is 283 g/mol. The van der Waals surface area contributed by atoms with Gasteiger partial charge in [-0.25, -0.2) is 18.1 Å². The quantitative estimate of drug-likeness (QED) is 0.830. The Morgan fingerprint density at radius 1 is 1.16 bits per heavy atom. The van der Waals surface area contributed by atoms with Crippen LogP contribution in [-0.2, 0) is 10.0 Å². The molecule has 0 aromatic carbocycles. The number of anilines is 1. The van der Waals surface area contributed by atoms with Crippen LogP contribution in [0.3, 0.4) is 0 Å². The van der Waals surface area contributed by atoms with Crippen molar-refractivity contribution in [2.75, 3.05) is 12.4 Å². The number of aromatic nitrogens is 1. The second kappa shape index (κ2) is 6.34. The number of hydrogen-bond acceptors (Lipinski definition) is 4. The van der Waals surface area contributed by atoms with Gasteiger partial charge < -0.3 is 5.32 Å². The highest BCUT2D eigenvalue weighted by Gasteiger charge is 2.21. The lowest BCUT2D eigenvalue weighted by Crippen LogP contribution is -2.34. The van der Waals surface area contributed by atoms with Crippen molar-refractivity contribution in [2.24, 2.45) is 0 Å². The molecule has 1 fully saturated rings. The Kier molecular flexibility index (Phi) is 4.76. The minimum absolute atomic E-state index is 0.0662. The van der Waals surface area contributed by atoms with Gasteiger partial charge in [0, 0.05) is 19.3 Å². The molecular formula is C13H21N3O2S. The molecular weight excluding hydrogens is 262 g/mol. The summed E-state index contributed by atoms with van der Waals surface area (Å²) in [6, 6.07) is 3.32. The lowest BCUT2D eigenvalue weighted by molar-refractivity contribution is 0.509. The lowest BCUT2D eigenvalue weighted by Gasteiger charge is -2.16. The van der Waals surface area contributed by atoms with E-state index in [1.54, 1.807) is 19.2 Å². The summed E-state index contributed by atoms with van der Waals surface area (Å²) < 4.78 is 27.3. The summed E-state index contributed by atoms with van der Waals surface area (Å²) in [4.78, 5) is 4.28. The van der Waals surface area contributed by atoms with Crippen molar-refractivity contribution in [2.45, 2.75) is 49.5 Å². The van der Waals surface area contributed by atoms with Gasteiger partial charge in [-0.15, -0.1) is 0 Å². The molecule has 1 aliphatic carbocycles. The van der Waals surface area contributed by atoms with Crippen molar-refractivity contribution in [3.05, 3.63) is 18.3 Å². The van der Waals surface area contributed by atoms with Gasteiger partial charge in [-0.2, -0.15) is 0 Å². The van der Waals surface area contributed by atoms with Gasteiger partial charge in [0.15, 0.2) is 0 Å². The summed E-state index contributed by atoms with van der Waals surface area (Å²) in [5.41, 5.74) is 0. The summed E-state index contributed by atoms with van der Waals surface area (Å²) in [7, 11) is -1.69. The number of pyridine rings is 1. The molecule has 0 atom stereocenters. The predicted molar refractivity (Wildman–Crippen MR) is 75.6 cm³/mol. The van der Waals surface area contributed by atoms with Crippen LogP contribution in [0.5, 0.6) is 0 Å². The van der Waals surface area contributed by atoms with E-state index in [9.17, 15) is 8.42 Å². The van der Waals surface area contributed by atoms with E-state index in [0.717, 1.165) is 25.7 Å². The Bertz CT molecular complexity index is 491. The molecule has 0 amide bonds. The monoisotopic (exact) mass is 283 g/mol. The normalized spacial score (nSPS) is 17.9. The van der Waals surface area contributed by atoms with E-state index >= 15 is 0 Å². The Labute approximate surface area is 114 Å². The van der Waals surface area contributed by atoms with Gasteiger partial charge in [0.05, 0.1) is 0 Å². The van der Waals surface area contributed by atoms with Gasteiger partial charge in [-0.3, -0.25) is 0 Å². The summed E-state index contributed by atoms with van der Waals surface area (Å²) in [6.07, 6.45) is 7.87. The number of nitrogens with one attached hydrogen (secondary N) is 2. The summed E-state index contributed by atoms with van der Waals surface area (Å²) in [5.74, 6) is 0.661. The van der Waals surface area contributed by atoms with Gasteiger partial charge >= 0.3 is 0 Å². The molecule has 0 unspecified atom stereocenters. The number of sulfonamides is 1. The maximum Gasteiger partial charge on any atom is 0.242 e. The molecule has 2 rings (SSSR count). The number of hydrogen-bond donors (Lipinski definition) is 2. The van der Waals surface area contributed by atoms with E-state index in [4.69, 9.17) is 0 Å². The van der Waals surface area contributed by atoms with E-state index < -0.39 is 10.0 Å². The van der Waals surface area contributed by atoms with Gasteiger partial charge in [0.25, 0.3) is 0 Å². The zero-order chi connectivity index (χ0) is 13.7. The van der Waals surface area contributed by atoms with Crippen LogP contribution in [0, 0.1) is 0 Å². The van der Waals surface area contributed by atoms with Gasteiger partial charge in [0.1, 0.15) is 10.7 Å². The van der Waals surface area contributed by atoms with Crippen molar-refractivity contribution < 1.29 is 8.42 Å². The zero-order valence-corrected chi connectivity index (χ0v) is 12.0. The SMILES string of the molecule is CNc1ccc(S(=O)(=O)NC2CCCCCC2)cn1. The molecule has 19 heavy (non-hydrogen) atoms. The molecule has 106 valence electrons. The Balaban J connectivity index is 2.07. The standard InChI is InChI=1S/C13H21N3O2S/c1-14-13-9-8-12(10-15-13)19(17,18)16-11-6-4-2-3-5-7-11/h8-11,16H,2-7H2,1H3,(H,14,15). The second-order valence-electron chi connectivity index (χ2n) is 4.94. The van der Waals surface area contributed by atoms with E-state index in [1.807, 2.05) is 0 Å². The van der Waals surface area contributed by atoms with Gasteiger partial charge in [-0.05, 0) is 25.0 Å². The Morgan fingerprint density at radius 3 is 2.37 bits per heavy atom. The smallest absolute Gasteiger partial charge is 0.242 e. The first-order chi connectivity index (χ1) is 9.12. The van der Waals surface area contributed by atoms with Crippen LogP contribution in [0.1, 0.15) is 38.5 Å². The highest BCUT2D eigenvalue weighted by atomic mass is 32.2. The van der Waals surface area contributed by atoms with Crippen LogP contribution >= 0.6 is 0 Å². The maximum absolute atomic E-state index is 12.2. The second-order valence-corrected chi connectivity index (χ2v) is 6.65. The van der Waals surface area contributed by atoms with Gasteiger partial charge in [0.2, 0.25) is 10.0 Å². The summed E-state index contributed by atoms with van der Waals surface area (Å²) in [6.45, 7) is 0. The lowest BCUT2D eigenvalue weighted by atomic mass is 10.1. The van der Waals surface area contributed by atoms with E-state index in [1.165, 1.54) is 19.0 Å². The molecule has 2 N–H and O–H groups in total. The molecule has 5 nitrogen and oxygen atoms in total. The highest BCUT2D eigenvalue weighted by molar-refractivity contribution is 7.89. The molecule has 0 radical (unpaired) electrons. The van der Waals surface area contributed by atoms with Crippen molar-refractivity contribution >= 4 is 15.8 Å². The first kappa shape index (κ1) is 14.3. The van der Waals surface area contributed by atoms with Crippen LogP contribution in [0.4, 0.5) is 5.82 Å². The Morgan fingerprint density at radius 2 is 1.84 bits per heavy atom. The fraction of sp³-hybridized carbons (Fsp3) is 0.615. The molecule has 1 aliphatic rings. The molecule has 1 aromatic heterocycles. The molecule has 1 heterocycles. The molecule has 1 saturated carbocycles. The highest BCUT2D eigenvalue weighted by Crippen LogP contribution is 2.19. The first-order valence-corrected chi connectivity index (χ1v) is 8.26. The van der Waals surface area contributed by atoms with Crippen molar-refractivity contribution in [1.29, 1.82) is 0 Å². The molecule has 6 heteroatoms. The topological polar surface area (TPSA) is 71.1 Å². The minimum atomic E-state index is -3.44. The number of rotatable bonds is 4. The predicted octanol–water partition coefficient (Wildman–Crippen LogP) is 2.12. The third-order valence-corrected chi connectivity index (χ3v) is 4.99. The fourth-order valence-electron chi connectivity index (χ4n) is 2.37.